The van der Waals surface area contributed by atoms with Crippen molar-refractivity contribution in [2.45, 2.75) is 45.6 Å². The van der Waals surface area contributed by atoms with E-state index in [1.165, 1.54) is 0 Å². The van der Waals surface area contributed by atoms with Crippen molar-refractivity contribution in [3.8, 4) is 6.07 Å². The number of nitrogens with zero attached hydrogens (tertiary/aromatic N) is 3. The van der Waals surface area contributed by atoms with Crippen molar-refractivity contribution in [2.75, 3.05) is 16.8 Å². The van der Waals surface area contributed by atoms with E-state index in [0.717, 1.165) is 24.1 Å². The van der Waals surface area contributed by atoms with Gasteiger partial charge in [0, 0.05) is 6.04 Å². The van der Waals surface area contributed by atoms with Crippen LogP contribution in [0.15, 0.2) is 0 Å². The Balaban J connectivity index is 2.30. The largest absolute Gasteiger partial charge is 0.364 e. The third kappa shape index (κ3) is 3.50. The number of nitriles is 1. The van der Waals surface area contributed by atoms with Crippen molar-refractivity contribution in [1.29, 1.82) is 5.26 Å². The maximum absolute atomic E-state index is 11.7. The van der Waals surface area contributed by atoms with Gasteiger partial charge in [-0.25, -0.2) is 8.42 Å². The summed E-state index contributed by atoms with van der Waals surface area (Å²) in [7, 11) is -2.99. The molecular weight excluding hydrogens is 288 g/mol. The first-order valence-corrected chi connectivity index (χ1v) is 9.08. The molecule has 1 atom stereocenters. The van der Waals surface area contributed by atoms with Gasteiger partial charge in [0.15, 0.2) is 15.7 Å². The average molecular weight is 308 g/mol. The fourth-order valence-corrected chi connectivity index (χ4v) is 4.36. The number of hydrogen-bond donors (Lipinski definition) is 1. The lowest BCUT2D eigenvalue weighted by molar-refractivity contribution is 0.561. The second kappa shape index (κ2) is 6.39. The van der Waals surface area contributed by atoms with Crippen LogP contribution in [0.5, 0.6) is 0 Å². The monoisotopic (exact) mass is 308 g/mol. The molecule has 1 aromatic rings. The van der Waals surface area contributed by atoms with Gasteiger partial charge in [-0.1, -0.05) is 13.8 Å². The van der Waals surface area contributed by atoms with Crippen molar-refractivity contribution in [2.24, 2.45) is 0 Å². The van der Waals surface area contributed by atoms with Crippen molar-refractivity contribution in [1.82, 2.24) is 10.2 Å². The third-order valence-corrected chi connectivity index (χ3v) is 5.58. The standard InChI is InChI=1S/C14H20N4O2S/c1-3-11-12(8-15)14(18-17-13(11)4-2)16-10-6-5-7-21(19,20)9-10/h10H,3-7,9H2,1-2H3,(H,16,18). The van der Waals surface area contributed by atoms with Crippen LogP contribution in [0.1, 0.15) is 43.5 Å². The van der Waals surface area contributed by atoms with Crippen LogP contribution in [-0.2, 0) is 22.7 Å². The van der Waals surface area contributed by atoms with Gasteiger partial charge in [0.2, 0.25) is 0 Å². The molecule has 21 heavy (non-hydrogen) atoms. The summed E-state index contributed by atoms with van der Waals surface area (Å²) in [5, 5.41) is 20.8. The summed E-state index contributed by atoms with van der Waals surface area (Å²) < 4.78 is 23.4. The minimum atomic E-state index is -2.99. The molecule has 1 saturated heterocycles. The van der Waals surface area contributed by atoms with E-state index >= 15 is 0 Å². The average Bonchev–Trinajstić information content (AvgIpc) is 2.45. The van der Waals surface area contributed by atoms with E-state index < -0.39 is 9.84 Å². The van der Waals surface area contributed by atoms with E-state index in [-0.39, 0.29) is 17.5 Å². The second-order valence-corrected chi connectivity index (χ2v) is 7.49. The number of sulfone groups is 1. The minimum Gasteiger partial charge on any atom is -0.364 e. The van der Waals surface area contributed by atoms with Crippen LogP contribution in [0.4, 0.5) is 5.82 Å². The molecule has 1 unspecified atom stereocenters. The summed E-state index contributed by atoms with van der Waals surface area (Å²) in [5.41, 5.74) is 2.22. The molecular formula is C14H20N4O2S. The van der Waals surface area contributed by atoms with Crippen LogP contribution in [0, 0.1) is 11.3 Å². The molecule has 2 rings (SSSR count). The molecule has 7 heteroatoms. The van der Waals surface area contributed by atoms with Crippen LogP contribution in [-0.4, -0.2) is 36.2 Å². The Hall–Kier alpha value is -1.68. The molecule has 0 aromatic carbocycles. The van der Waals surface area contributed by atoms with E-state index in [9.17, 15) is 13.7 Å². The zero-order chi connectivity index (χ0) is 15.5. The SMILES string of the molecule is CCc1nnc(NC2CCCS(=O)(=O)C2)c(C#N)c1CC. The molecule has 0 radical (unpaired) electrons. The Kier molecular flexibility index (Phi) is 4.78. The van der Waals surface area contributed by atoms with Crippen molar-refractivity contribution >= 4 is 15.7 Å². The maximum Gasteiger partial charge on any atom is 0.167 e. The first-order valence-electron chi connectivity index (χ1n) is 7.26. The Morgan fingerprint density at radius 2 is 2.10 bits per heavy atom. The quantitative estimate of drug-likeness (QED) is 0.904. The van der Waals surface area contributed by atoms with Gasteiger partial charge in [-0.3, -0.25) is 0 Å². The van der Waals surface area contributed by atoms with E-state index in [2.05, 4.69) is 21.6 Å². The summed E-state index contributed by atoms with van der Waals surface area (Å²) in [6.45, 7) is 3.96. The van der Waals surface area contributed by atoms with Crippen LogP contribution in [0.3, 0.4) is 0 Å². The highest BCUT2D eigenvalue weighted by Crippen LogP contribution is 2.23. The Labute approximate surface area is 125 Å². The van der Waals surface area contributed by atoms with Crippen molar-refractivity contribution in [3.05, 3.63) is 16.8 Å². The number of hydrogen-bond acceptors (Lipinski definition) is 6. The highest BCUT2D eigenvalue weighted by atomic mass is 32.2. The predicted molar refractivity (Wildman–Crippen MR) is 80.8 cm³/mol. The lowest BCUT2D eigenvalue weighted by Gasteiger charge is -2.24. The van der Waals surface area contributed by atoms with Gasteiger partial charge in [-0.15, -0.1) is 5.10 Å². The molecule has 0 amide bonds. The van der Waals surface area contributed by atoms with E-state index in [4.69, 9.17) is 0 Å². The smallest absolute Gasteiger partial charge is 0.167 e. The van der Waals surface area contributed by atoms with E-state index in [0.29, 0.717) is 24.2 Å². The number of aryl methyl sites for hydroxylation is 1. The Morgan fingerprint density at radius 3 is 2.67 bits per heavy atom. The van der Waals surface area contributed by atoms with Gasteiger partial charge < -0.3 is 5.32 Å². The summed E-state index contributed by atoms with van der Waals surface area (Å²) in [4.78, 5) is 0. The Bertz CT molecular complexity index is 664. The third-order valence-electron chi connectivity index (χ3n) is 3.76. The molecule has 0 saturated carbocycles. The summed E-state index contributed by atoms with van der Waals surface area (Å²) >= 11 is 0. The molecule has 0 aliphatic carbocycles. The summed E-state index contributed by atoms with van der Waals surface area (Å²) in [6.07, 6.45) is 2.84. The van der Waals surface area contributed by atoms with Gasteiger partial charge in [-0.2, -0.15) is 10.4 Å². The molecule has 2 heterocycles. The molecule has 0 bridgehead atoms. The molecule has 1 aliphatic heterocycles. The van der Waals surface area contributed by atoms with Gasteiger partial charge >= 0.3 is 0 Å². The van der Waals surface area contributed by atoms with Gasteiger partial charge in [0.25, 0.3) is 0 Å². The fraction of sp³-hybridized carbons (Fsp3) is 0.643. The summed E-state index contributed by atoms with van der Waals surface area (Å²) in [6, 6.07) is 1.99. The molecule has 114 valence electrons. The molecule has 6 nitrogen and oxygen atoms in total. The van der Waals surface area contributed by atoms with Crippen molar-refractivity contribution in [3.63, 3.8) is 0 Å². The molecule has 1 aromatic heterocycles. The number of aromatic nitrogens is 2. The second-order valence-electron chi connectivity index (χ2n) is 5.27. The lowest BCUT2D eigenvalue weighted by atomic mass is 10.0. The number of anilines is 1. The van der Waals surface area contributed by atoms with Gasteiger partial charge in [0.05, 0.1) is 17.2 Å². The fourth-order valence-electron chi connectivity index (χ4n) is 2.72. The van der Waals surface area contributed by atoms with Crippen molar-refractivity contribution < 1.29 is 8.42 Å². The Morgan fingerprint density at radius 1 is 1.33 bits per heavy atom. The first-order chi connectivity index (χ1) is 10.0. The van der Waals surface area contributed by atoms with E-state index in [1.807, 2.05) is 13.8 Å². The van der Waals surface area contributed by atoms with Crippen LogP contribution >= 0.6 is 0 Å². The van der Waals surface area contributed by atoms with Crippen LogP contribution in [0.2, 0.25) is 0 Å². The van der Waals surface area contributed by atoms with Gasteiger partial charge in [-0.05, 0) is 31.2 Å². The predicted octanol–water partition coefficient (Wildman–Crippen LogP) is 1.46. The topological polar surface area (TPSA) is 95.7 Å². The molecule has 1 aliphatic rings. The highest BCUT2D eigenvalue weighted by Gasteiger charge is 2.26. The highest BCUT2D eigenvalue weighted by molar-refractivity contribution is 7.91. The zero-order valence-electron chi connectivity index (χ0n) is 12.4. The summed E-state index contributed by atoms with van der Waals surface area (Å²) in [5.74, 6) is 0.752. The number of rotatable bonds is 4. The first kappa shape index (κ1) is 15.7. The van der Waals surface area contributed by atoms with Gasteiger partial charge in [0.1, 0.15) is 11.6 Å². The molecule has 0 spiro atoms. The molecule has 1 N–H and O–H groups in total. The lowest BCUT2D eigenvalue weighted by Crippen LogP contribution is -2.35. The zero-order valence-corrected chi connectivity index (χ0v) is 13.2. The maximum atomic E-state index is 11.7. The van der Waals surface area contributed by atoms with Crippen LogP contribution in [0.25, 0.3) is 0 Å². The van der Waals surface area contributed by atoms with Crippen LogP contribution < -0.4 is 5.32 Å². The normalized spacial score (nSPS) is 20.7. The number of nitrogens with one attached hydrogen (secondary N) is 1. The minimum absolute atomic E-state index is 0.0938. The van der Waals surface area contributed by atoms with E-state index in [1.54, 1.807) is 0 Å². The molecule has 1 fully saturated rings.